The normalized spacial score (nSPS) is 17.3. The van der Waals surface area contributed by atoms with Crippen molar-refractivity contribution in [3.8, 4) is 17.2 Å². The van der Waals surface area contributed by atoms with Gasteiger partial charge in [0.1, 0.15) is 12.1 Å². The molecule has 8 nitrogen and oxygen atoms in total. The summed E-state index contributed by atoms with van der Waals surface area (Å²) in [6.45, 7) is 0.949. The number of benzene rings is 2. The van der Waals surface area contributed by atoms with Crippen LogP contribution in [-0.2, 0) is 22.5 Å². The molecule has 3 aromatic rings. The van der Waals surface area contributed by atoms with Gasteiger partial charge in [0.2, 0.25) is 0 Å². The van der Waals surface area contributed by atoms with Gasteiger partial charge in [-0.1, -0.05) is 30.3 Å². The Morgan fingerprint density at radius 1 is 1.24 bits per heavy atom. The van der Waals surface area contributed by atoms with Crippen molar-refractivity contribution >= 4 is 17.0 Å². The highest BCUT2D eigenvalue weighted by atomic mass is 19.3. The van der Waals surface area contributed by atoms with E-state index in [1.165, 1.54) is 0 Å². The molecular formula is C24H24F2N4O4. The molecule has 2 atom stereocenters. The monoisotopic (exact) mass is 470 g/mol. The zero-order chi connectivity index (χ0) is 24.1. The molecule has 0 aliphatic carbocycles. The SMILES string of the molecule is N#CC(Cc1ccc(-c2ccc3oc(=O)n(CC(F)F)c3c2)cc1)NC(=O)C1CNCCCO1. The lowest BCUT2D eigenvalue weighted by molar-refractivity contribution is -0.132. The second kappa shape index (κ2) is 10.6. The van der Waals surface area contributed by atoms with Crippen LogP contribution >= 0.6 is 0 Å². The molecule has 2 heterocycles. The third kappa shape index (κ3) is 5.50. The lowest BCUT2D eigenvalue weighted by atomic mass is 10.0. The van der Waals surface area contributed by atoms with Crippen LogP contribution in [0.2, 0.25) is 0 Å². The number of carbonyl (C=O) groups excluding carboxylic acids is 1. The average Bonchev–Trinajstić information content (AvgIpc) is 2.99. The molecule has 1 fully saturated rings. The second-order valence-electron chi connectivity index (χ2n) is 8.06. The Labute approximate surface area is 194 Å². The van der Waals surface area contributed by atoms with Crippen molar-refractivity contribution in [1.29, 1.82) is 5.26 Å². The van der Waals surface area contributed by atoms with Gasteiger partial charge in [-0.2, -0.15) is 5.26 Å². The summed E-state index contributed by atoms with van der Waals surface area (Å²) in [6, 6.07) is 13.7. The van der Waals surface area contributed by atoms with Crippen LogP contribution in [0, 0.1) is 11.3 Å². The molecule has 1 saturated heterocycles. The lowest BCUT2D eigenvalue weighted by Gasteiger charge is -2.18. The largest absolute Gasteiger partial charge is 0.420 e. The van der Waals surface area contributed by atoms with Gasteiger partial charge in [-0.3, -0.25) is 9.36 Å². The Kier molecular flexibility index (Phi) is 7.35. The van der Waals surface area contributed by atoms with Crippen LogP contribution < -0.4 is 16.4 Å². The summed E-state index contributed by atoms with van der Waals surface area (Å²) in [5, 5.41) is 15.4. The Bertz CT molecular complexity index is 1240. The van der Waals surface area contributed by atoms with Gasteiger partial charge in [-0.15, -0.1) is 0 Å². The molecule has 10 heteroatoms. The summed E-state index contributed by atoms with van der Waals surface area (Å²) < 4.78 is 37.2. The third-order valence-corrected chi connectivity index (χ3v) is 5.63. The molecule has 1 aliphatic heterocycles. The minimum absolute atomic E-state index is 0.242. The van der Waals surface area contributed by atoms with Gasteiger partial charge in [-0.25, -0.2) is 13.6 Å². The van der Waals surface area contributed by atoms with Crippen LogP contribution in [0.15, 0.2) is 51.7 Å². The summed E-state index contributed by atoms with van der Waals surface area (Å²) in [5.41, 5.74) is 2.92. The van der Waals surface area contributed by atoms with Gasteiger partial charge in [0.25, 0.3) is 12.3 Å². The number of oxazole rings is 1. The van der Waals surface area contributed by atoms with E-state index in [2.05, 4.69) is 16.7 Å². The number of nitrogens with one attached hydrogen (secondary N) is 2. The van der Waals surface area contributed by atoms with Crippen molar-refractivity contribution in [2.24, 2.45) is 0 Å². The molecule has 1 amide bonds. The van der Waals surface area contributed by atoms with E-state index in [4.69, 9.17) is 9.15 Å². The molecule has 2 unspecified atom stereocenters. The Morgan fingerprint density at radius 2 is 2.00 bits per heavy atom. The Hall–Kier alpha value is -3.55. The number of halogens is 2. The van der Waals surface area contributed by atoms with Gasteiger partial charge in [0, 0.05) is 19.6 Å². The maximum Gasteiger partial charge on any atom is 0.420 e. The van der Waals surface area contributed by atoms with Crippen LogP contribution in [0.4, 0.5) is 8.78 Å². The molecule has 2 aromatic carbocycles. The number of amides is 1. The first-order chi connectivity index (χ1) is 16.4. The zero-order valence-corrected chi connectivity index (χ0v) is 18.3. The van der Waals surface area contributed by atoms with Gasteiger partial charge in [0.15, 0.2) is 5.58 Å². The molecule has 178 valence electrons. The highest BCUT2D eigenvalue weighted by Gasteiger charge is 2.23. The minimum atomic E-state index is -2.68. The van der Waals surface area contributed by atoms with Gasteiger partial charge < -0.3 is 19.8 Å². The van der Waals surface area contributed by atoms with Gasteiger partial charge >= 0.3 is 5.76 Å². The fraction of sp³-hybridized carbons (Fsp3) is 0.375. The van der Waals surface area contributed by atoms with E-state index in [0.717, 1.165) is 34.2 Å². The van der Waals surface area contributed by atoms with Crippen molar-refractivity contribution in [3.63, 3.8) is 0 Å². The van der Waals surface area contributed by atoms with Crippen LogP contribution in [0.3, 0.4) is 0 Å². The molecule has 1 aliphatic rings. The smallest absolute Gasteiger partial charge is 0.408 e. The maximum absolute atomic E-state index is 12.8. The van der Waals surface area contributed by atoms with E-state index < -0.39 is 30.9 Å². The average molecular weight is 470 g/mol. The number of fused-ring (bicyclic) bond motifs is 1. The van der Waals surface area contributed by atoms with Crippen molar-refractivity contribution in [2.45, 2.75) is 38.0 Å². The quantitative estimate of drug-likeness (QED) is 0.549. The van der Waals surface area contributed by atoms with E-state index in [1.54, 1.807) is 18.2 Å². The second-order valence-corrected chi connectivity index (χ2v) is 8.06. The number of rotatable bonds is 7. The minimum Gasteiger partial charge on any atom is -0.408 e. The number of carbonyl (C=O) groups is 1. The summed E-state index contributed by atoms with van der Waals surface area (Å²) in [7, 11) is 0. The fourth-order valence-electron chi connectivity index (χ4n) is 3.90. The number of nitriles is 1. The summed E-state index contributed by atoms with van der Waals surface area (Å²) in [5.74, 6) is -1.14. The highest BCUT2D eigenvalue weighted by molar-refractivity contribution is 5.82. The number of hydrogen-bond donors (Lipinski definition) is 2. The lowest BCUT2D eigenvalue weighted by Crippen LogP contribution is -2.46. The van der Waals surface area contributed by atoms with E-state index in [0.29, 0.717) is 25.1 Å². The summed E-state index contributed by atoms with van der Waals surface area (Å²) in [6.07, 6.45) is -2.16. The number of ether oxygens (including phenoxy) is 1. The number of alkyl halides is 2. The molecule has 0 bridgehead atoms. The molecule has 2 N–H and O–H groups in total. The first-order valence-corrected chi connectivity index (χ1v) is 11.0. The summed E-state index contributed by atoms with van der Waals surface area (Å²) in [4.78, 5) is 24.3. The van der Waals surface area contributed by atoms with Crippen LogP contribution in [0.5, 0.6) is 0 Å². The third-order valence-electron chi connectivity index (χ3n) is 5.63. The molecule has 34 heavy (non-hydrogen) atoms. The Balaban J connectivity index is 1.46. The van der Waals surface area contributed by atoms with Crippen molar-refractivity contribution in [3.05, 3.63) is 58.6 Å². The molecular weight excluding hydrogens is 446 g/mol. The predicted molar refractivity (Wildman–Crippen MR) is 120 cm³/mol. The van der Waals surface area contributed by atoms with Crippen LogP contribution in [0.25, 0.3) is 22.2 Å². The van der Waals surface area contributed by atoms with Crippen molar-refractivity contribution in [2.75, 3.05) is 19.7 Å². The number of hydrogen-bond acceptors (Lipinski definition) is 6. The first kappa shape index (κ1) is 23.6. The predicted octanol–water partition coefficient (Wildman–Crippen LogP) is 2.46. The van der Waals surface area contributed by atoms with E-state index in [-0.39, 0.29) is 11.5 Å². The van der Waals surface area contributed by atoms with Crippen molar-refractivity contribution in [1.82, 2.24) is 15.2 Å². The molecule has 0 saturated carbocycles. The number of nitrogens with zero attached hydrogens (tertiary/aromatic N) is 2. The standard InChI is InChI=1S/C24H24F2N4O4/c25-22(26)14-30-19-11-17(6-7-20(19)34-24(30)32)16-4-2-15(3-5-16)10-18(12-27)29-23(31)21-13-28-8-1-9-33-21/h2-7,11,18,21-22,28H,1,8-10,13-14H2,(H,29,31). The Morgan fingerprint density at radius 3 is 2.74 bits per heavy atom. The van der Waals surface area contributed by atoms with Crippen LogP contribution in [0.1, 0.15) is 12.0 Å². The molecule has 4 rings (SSSR count). The molecule has 0 radical (unpaired) electrons. The van der Waals surface area contributed by atoms with Crippen molar-refractivity contribution < 1.29 is 22.7 Å². The number of aromatic nitrogens is 1. The van der Waals surface area contributed by atoms with E-state index in [1.807, 2.05) is 24.3 Å². The fourth-order valence-corrected chi connectivity index (χ4v) is 3.90. The maximum atomic E-state index is 12.8. The summed E-state index contributed by atoms with van der Waals surface area (Å²) >= 11 is 0. The highest BCUT2D eigenvalue weighted by Crippen LogP contribution is 2.25. The van der Waals surface area contributed by atoms with E-state index >= 15 is 0 Å². The van der Waals surface area contributed by atoms with E-state index in [9.17, 15) is 23.6 Å². The van der Waals surface area contributed by atoms with Crippen LogP contribution in [-0.4, -0.2) is 48.7 Å². The first-order valence-electron chi connectivity index (χ1n) is 11.0. The zero-order valence-electron chi connectivity index (χ0n) is 18.3. The molecule has 1 aromatic heterocycles. The molecule has 0 spiro atoms. The van der Waals surface area contributed by atoms with Gasteiger partial charge in [-0.05, 0) is 41.8 Å². The van der Waals surface area contributed by atoms with Gasteiger partial charge in [0.05, 0.1) is 18.1 Å². The topological polar surface area (TPSA) is 109 Å².